The van der Waals surface area contributed by atoms with E-state index in [0.717, 1.165) is 5.56 Å². The van der Waals surface area contributed by atoms with E-state index in [4.69, 9.17) is 10.8 Å². The van der Waals surface area contributed by atoms with Crippen LogP contribution in [-0.2, 0) is 11.2 Å². The zero-order valence-electron chi connectivity index (χ0n) is 9.39. The number of rotatable bonds is 6. The molecule has 0 saturated heterocycles. The highest BCUT2D eigenvalue weighted by Gasteiger charge is 2.13. The Labute approximate surface area is 99.6 Å². The Morgan fingerprint density at radius 3 is 2.88 bits per heavy atom. The van der Waals surface area contributed by atoms with Gasteiger partial charge in [-0.25, -0.2) is 0 Å². The third-order valence-electron chi connectivity index (χ3n) is 2.27. The molecular weight excluding hydrogens is 220 g/mol. The molecule has 0 aliphatic heterocycles. The van der Waals surface area contributed by atoms with E-state index in [1.54, 1.807) is 18.2 Å². The van der Waals surface area contributed by atoms with Crippen molar-refractivity contribution in [3.05, 3.63) is 36.4 Å². The number of carboxylic acid groups (broad SMARTS) is 1. The largest absolute Gasteiger partial charge is 0.506 e. The number of aromatic hydroxyl groups is 1. The fourth-order valence-electron chi connectivity index (χ4n) is 1.38. The molecule has 1 rings (SSSR count). The molecule has 0 amide bonds. The summed E-state index contributed by atoms with van der Waals surface area (Å²) in [4.78, 5) is 10.6. The number of hydrogen-bond donors (Lipinski definition) is 4. The topological polar surface area (TPSA) is 95.6 Å². The van der Waals surface area contributed by atoms with Crippen molar-refractivity contribution in [3.63, 3.8) is 0 Å². The molecule has 0 aliphatic rings. The predicted molar refractivity (Wildman–Crippen MR) is 66.1 cm³/mol. The van der Waals surface area contributed by atoms with Crippen LogP contribution in [0.2, 0.25) is 0 Å². The van der Waals surface area contributed by atoms with Crippen molar-refractivity contribution in [1.29, 1.82) is 0 Å². The monoisotopic (exact) mass is 236 g/mol. The molecule has 0 aromatic heterocycles. The molecule has 17 heavy (non-hydrogen) atoms. The number of benzene rings is 1. The van der Waals surface area contributed by atoms with Gasteiger partial charge in [-0.05, 0) is 24.1 Å². The summed E-state index contributed by atoms with van der Waals surface area (Å²) in [6.45, 7) is 4.07. The first-order chi connectivity index (χ1) is 8.04. The van der Waals surface area contributed by atoms with Gasteiger partial charge in [0.05, 0.1) is 5.69 Å². The Morgan fingerprint density at radius 1 is 1.59 bits per heavy atom. The summed E-state index contributed by atoms with van der Waals surface area (Å²) in [6, 6.07) is 3.90. The minimum atomic E-state index is -1.04. The number of nitrogens with two attached hydrogens (primary N) is 1. The second-order valence-corrected chi connectivity index (χ2v) is 3.67. The summed E-state index contributed by atoms with van der Waals surface area (Å²) in [5.74, 6) is -0.932. The summed E-state index contributed by atoms with van der Waals surface area (Å²) in [6.07, 6.45) is 1.88. The van der Waals surface area contributed by atoms with Gasteiger partial charge in [0.2, 0.25) is 0 Å². The van der Waals surface area contributed by atoms with Gasteiger partial charge >= 0.3 is 5.97 Å². The fraction of sp³-hybridized carbons (Fsp3) is 0.250. The summed E-state index contributed by atoms with van der Waals surface area (Å²) in [5.41, 5.74) is 6.73. The second-order valence-electron chi connectivity index (χ2n) is 3.67. The summed E-state index contributed by atoms with van der Waals surface area (Å²) in [7, 11) is 0. The number of nitrogens with one attached hydrogen (secondary N) is 1. The Morgan fingerprint density at radius 2 is 2.29 bits per heavy atom. The van der Waals surface area contributed by atoms with Crippen molar-refractivity contribution >= 4 is 11.7 Å². The van der Waals surface area contributed by atoms with Gasteiger partial charge in [-0.1, -0.05) is 12.1 Å². The zero-order chi connectivity index (χ0) is 12.8. The second kappa shape index (κ2) is 5.91. The van der Waals surface area contributed by atoms with Crippen LogP contribution in [0.15, 0.2) is 30.9 Å². The summed E-state index contributed by atoms with van der Waals surface area (Å²) < 4.78 is 0. The average molecular weight is 236 g/mol. The van der Waals surface area contributed by atoms with Crippen LogP contribution in [0.3, 0.4) is 0 Å². The number of carbonyl (C=O) groups is 1. The molecule has 0 spiro atoms. The molecular formula is C12H16N2O3. The van der Waals surface area contributed by atoms with Gasteiger partial charge in [-0.3, -0.25) is 4.79 Å². The van der Waals surface area contributed by atoms with Crippen LogP contribution < -0.4 is 11.1 Å². The molecule has 5 N–H and O–H groups in total. The van der Waals surface area contributed by atoms with Crippen molar-refractivity contribution in [2.75, 3.05) is 11.9 Å². The standard InChI is InChI=1S/C12H16N2O3/c1-2-5-14-10-7-8(3-4-11(10)15)6-9(13)12(16)17/h2-4,7,9,14-15H,1,5-6,13H2,(H,16,17)/t9-/m0/s1. The molecule has 1 atom stereocenters. The molecule has 5 heteroatoms. The first-order valence-corrected chi connectivity index (χ1v) is 5.19. The maximum Gasteiger partial charge on any atom is 0.320 e. The number of aliphatic carboxylic acids is 1. The molecule has 0 bridgehead atoms. The van der Waals surface area contributed by atoms with Crippen LogP contribution in [0.5, 0.6) is 5.75 Å². The normalized spacial score (nSPS) is 11.8. The molecule has 0 fully saturated rings. The number of anilines is 1. The molecule has 92 valence electrons. The maximum atomic E-state index is 10.6. The van der Waals surface area contributed by atoms with Gasteiger partial charge in [-0.2, -0.15) is 0 Å². The van der Waals surface area contributed by atoms with E-state index in [0.29, 0.717) is 12.2 Å². The van der Waals surface area contributed by atoms with E-state index >= 15 is 0 Å². The predicted octanol–water partition coefficient (Wildman–Crippen LogP) is 0.944. The smallest absolute Gasteiger partial charge is 0.320 e. The quantitative estimate of drug-likeness (QED) is 0.435. The molecule has 0 radical (unpaired) electrons. The summed E-state index contributed by atoms with van der Waals surface area (Å²) >= 11 is 0. The van der Waals surface area contributed by atoms with Crippen molar-refractivity contribution < 1.29 is 15.0 Å². The van der Waals surface area contributed by atoms with Gasteiger partial charge in [0.25, 0.3) is 0 Å². The van der Waals surface area contributed by atoms with E-state index < -0.39 is 12.0 Å². The molecule has 0 heterocycles. The van der Waals surface area contributed by atoms with Crippen molar-refractivity contribution in [1.82, 2.24) is 0 Å². The number of hydrogen-bond acceptors (Lipinski definition) is 4. The van der Waals surface area contributed by atoms with Crippen LogP contribution in [-0.4, -0.2) is 28.8 Å². The van der Waals surface area contributed by atoms with E-state index in [2.05, 4.69) is 11.9 Å². The molecule has 1 aromatic rings. The van der Waals surface area contributed by atoms with Crippen molar-refractivity contribution in [3.8, 4) is 5.75 Å². The fourth-order valence-corrected chi connectivity index (χ4v) is 1.38. The third kappa shape index (κ3) is 3.81. The van der Waals surface area contributed by atoms with E-state index in [9.17, 15) is 9.90 Å². The lowest BCUT2D eigenvalue weighted by molar-refractivity contribution is -0.138. The van der Waals surface area contributed by atoms with Crippen LogP contribution in [0, 0.1) is 0 Å². The SMILES string of the molecule is C=CCNc1cc(C[C@H](N)C(=O)O)ccc1O. The Balaban J connectivity index is 2.80. The summed E-state index contributed by atoms with van der Waals surface area (Å²) in [5, 5.41) is 21.2. The Bertz CT molecular complexity index is 418. The lowest BCUT2D eigenvalue weighted by Gasteiger charge is -2.10. The average Bonchev–Trinajstić information content (AvgIpc) is 2.29. The first kappa shape index (κ1) is 13.1. The Hall–Kier alpha value is -2.01. The highest BCUT2D eigenvalue weighted by Crippen LogP contribution is 2.24. The molecule has 5 nitrogen and oxygen atoms in total. The zero-order valence-corrected chi connectivity index (χ0v) is 9.39. The highest BCUT2D eigenvalue weighted by molar-refractivity contribution is 5.73. The number of carboxylic acids is 1. The van der Waals surface area contributed by atoms with Gasteiger partial charge in [0.15, 0.2) is 0 Å². The van der Waals surface area contributed by atoms with Crippen molar-refractivity contribution in [2.24, 2.45) is 5.73 Å². The molecule has 0 saturated carbocycles. The number of phenolic OH excluding ortho intramolecular Hbond substituents is 1. The first-order valence-electron chi connectivity index (χ1n) is 5.19. The van der Waals surface area contributed by atoms with Crippen molar-refractivity contribution in [2.45, 2.75) is 12.5 Å². The van der Waals surface area contributed by atoms with Crippen LogP contribution in [0.25, 0.3) is 0 Å². The van der Waals surface area contributed by atoms with Crippen LogP contribution >= 0.6 is 0 Å². The molecule has 1 aromatic carbocycles. The van der Waals surface area contributed by atoms with E-state index in [1.165, 1.54) is 6.07 Å². The minimum absolute atomic E-state index is 0.111. The Kier molecular flexibility index (Phi) is 4.54. The van der Waals surface area contributed by atoms with E-state index in [1.807, 2.05) is 0 Å². The van der Waals surface area contributed by atoms with Gasteiger partial charge in [-0.15, -0.1) is 6.58 Å². The molecule has 0 unspecified atom stereocenters. The van der Waals surface area contributed by atoms with Gasteiger partial charge in [0.1, 0.15) is 11.8 Å². The minimum Gasteiger partial charge on any atom is -0.506 e. The number of phenols is 1. The van der Waals surface area contributed by atoms with Crippen LogP contribution in [0.1, 0.15) is 5.56 Å². The highest BCUT2D eigenvalue weighted by atomic mass is 16.4. The van der Waals surface area contributed by atoms with Crippen LogP contribution in [0.4, 0.5) is 5.69 Å². The lowest BCUT2D eigenvalue weighted by atomic mass is 10.1. The van der Waals surface area contributed by atoms with Gasteiger partial charge in [0, 0.05) is 6.54 Å². The van der Waals surface area contributed by atoms with Gasteiger partial charge < -0.3 is 21.3 Å². The third-order valence-corrected chi connectivity index (χ3v) is 2.27. The van der Waals surface area contributed by atoms with E-state index in [-0.39, 0.29) is 12.2 Å². The molecule has 0 aliphatic carbocycles. The maximum absolute atomic E-state index is 10.6. The lowest BCUT2D eigenvalue weighted by Crippen LogP contribution is -2.32.